The summed E-state index contributed by atoms with van der Waals surface area (Å²) < 4.78 is 0. The molecule has 0 aromatic carbocycles. The van der Waals surface area contributed by atoms with Gasteiger partial charge in [0, 0.05) is 13.0 Å². The maximum atomic E-state index is 9.97. The SMILES string of the molecule is CCCN(CCC)CC[C]=O. The molecule has 0 bridgehead atoms. The van der Waals surface area contributed by atoms with Crippen LogP contribution in [0.1, 0.15) is 33.1 Å². The molecular weight excluding hydrogens is 138 g/mol. The molecule has 0 saturated carbocycles. The van der Waals surface area contributed by atoms with Crippen molar-refractivity contribution >= 4 is 6.29 Å². The van der Waals surface area contributed by atoms with Crippen LogP contribution < -0.4 is 0 Å². The van der Waals surface area contributed by atoms with Crippen molar-refractivity contribution in [1.82, 2.24) is 4.90 Å². The number of hydrogen-bond acceptors (Lipinski definition) is 2. The van der Waals surface area contributed by atoms with E-state index in [1.807, 2.05) is 6.29 Å². The van der Waals surface area contributed by atoms with Gasteiger partial charge in [-0.1, -0.05) is 13.8 Å². The first-order chi connectivity index (χ1) is 5.35. The van der Waals surface area contributed by atoms with Gasteiger partial charge in [0.15, 0.2) is 6.29 Å². The summed E-state index contributed by atoms with van der Waals surface area (Å²) in [5.74, 6) is 0. The van der Waals surface area contributed by atoms with E-state index >= 15 is 0 Å². The normalized spacial score (nSPS) is 10.5. The first-order valence-electron chi connectivity index (χ1n) is 4.42. The average molecular weight is 156 g/mol. The first kappa shape index (κ1) is 10.6. The van der Waals surface area contributed by atoms with Crippen molar-refractivity contribution in [2.45, 2.75) is 33.1 Å². The minimum absolute atomic E-state index is 0.556. The lowest BCUT2D eigenvalue weighted by atomic mass is 10.3. The maximum absolute atomic E-state index is 9.97. The number of carbonyl (C=O) groups excluding carboxylic acids is 1. The van der Waals surface area contributed by atoms with Crippen LogP contribution in [0.4, 0.5) is 0 Å². The molecule has 0 heterocycles. The molecule has 0 amide bonds. The van der Waals surface area contributed by atoms with E-state index in [1.165, 1.54) is 12.8 Å². The molecule has 0 unspecified atom stereocenters. The van der Waals surface area contributed by atoms with Crippen LogP contribution in [0.15, 0.2) is 0 Å². The van der Waals surface area contributed by atoms with E-state index in [-0.39, 0.29) is 0 Å². The Morgan fingerprint density at radius 2 is 1.64 bits per heavy atom. The third-order valence-electron chi connectivity index (χ3n) is 1.61. The predicted molar refractivity (Wildman–Crippen MR) is 47.3 cm³/mol. The molecule has 0 saturated heterocycles. The van der Waals surface area contributed by atoms with Gasteiger partial charge in [0.2, 0.25) is 0 Å². The number of rotatable bonds is 7. The third-order valence-corrected chi connectivity index (χ3v) is 1.61. The Morgan fingerprint density at radius 3 is 2.00 bits per heavy atom. The molecule has 0 aliphatic rings. The van der Waals surface area contributed by atoms with E-state index in [2.05, 4.69) is 18.7 Å². The molecule has 0 aromatic rings. The molecule has 0 N–H and O–H groups in total. The molecule has 0 atom stereocenters. The zero-order valence-corrected chi connectivity index (χ0v) is 7.60. The molecule has 65 valence electrons. The summed E-state index contributed by atoms with van der Waals surface area (Å²) in [5, 5.41) is 0. The van der Waals surface area contributed by atoms with Crippen molar-refractivity contribution in [2.24, 2.45) is 0 Å². The van der Waals surface area contributed by atoms with Gasteiger partial charge in [-0.15, -0.1) is 0 Å². The van der Waals surface area contributed by atoms with Gasteiger partial charge < -0.3 is 4.90 Å². The van der Waals surface area contributed by atoms with Crippen LogP contribution in [0.25, 0.3) is 0 Å². The molecule has 2 nitrogen and oxygen atoms in total. The fourth-order valence-electron chi connectivity index (χ4n) is 1.17. The third kappa shape index (κ3) is 6.05. The van der Waals surface area contributed by atoms with E-state index in [4.69, 9.17) is 0 Å². The molecule has 11 heavy (non-hydrogen) atoms. The smallest absolute Gasteiger partial charge is 0.199 e. The minimum atomic E-state index is 0.556. The highest BCUT2D eigenvalue weighted by Gasteiger charge is 2.00. The summed E-state index contributed by atoms with van der Waals surface area (Å²) in [7, 11) is 0. The summed E-state index contributed by atoms with van der Waals surface area (Å²) in [6.45, 7) is 7.41. The average Bonchev–Trinajstić information content (AvgIpc) is 2.01. The van der Waals surface area contributed by atoms with E-state index in [1.54, 1.807) is 0 Å². The Kier molecular flexibility index (Phi) is 7.47. The Morgan fingerprint density at radius 1 is 1.09 bits per heavy atom. The van der Waals surface area contributed by atoms with Crippen molar-refractivity contribution < 1.29 is 4.79 Å². The highest BCUT2D eigenvalue weighted by Crippen LogP contribution is 1.94. The molecule has 2 heteroatoms. The fraction of sp³-hybridized carbons (Fsp3) is 0.889. The van der Waals surface area contributed by atoms with Crippen LogP contribution in [0.5, 0.6) is 0 Å². The van der Waals surface area contributed by atoms with Crippen LogP contribution in [-0.2, 0) is 4.79 Å². The Balaban J connectivity index is 3.41. The lowest BCUT2D eigenvalue weighted by Gasteiger charge is -2.18. The fourth-order valence-corrected chi connectivity index (χ4v) is 1.17. The van der Waals surface area contributed by atoms with E-state index in [0.29, 0.717) is 6.42 Å². The van der Waals surface area contributed by atoms with Crippen molar-refractivity contribution in [3.63, 3.8) is 0 Å². The molecule has 0 aromatic heterocycles. The number of hydrogen-bond donors (Lipinski definition) is 0. The van der Waals surface area contributed by atoms with E-state index in [9.17, 15) is 4.79 Å². The van der Waals surface area contributed by atoms with Crippen molar-refractivity contribution in [3.8, 4) is 0 Å². The molecular formula is C9H18NO. The first-order valence-corrected chi connectivity index (χ1v) is 4.42. The van der Waals surface area contributed by atoms with Gasteiger partial charge in [-0.25, -0.2) is 0 Å². The summed E-state index contributed by atoms with van der Waals surface area (Å²) in [6.07, 6.45) is 4.81. The quantitative estimate of drug-likeness (QED) is 0.558. The van der Waals surface area contributed by atoms with Gasteiger partial charge in [0.1, 0.15) is 0 Å². The van der Waals surface area contributed by atoms with Gasteiger partial charge in [-0.3, -0.25) is 4.79 Å². The highest BCUT2D eigenvalue weighted by molar-refractivity contribution is 5.50. The van der Waals surface area contributed by atoms with Gasteiger partial charge in [0.05, 0.1) is 0 Å². The molecule has 0 fully saturated rings. The second kappa shape index (κ2) is 7.73. The zero-order chi connectivity index (χ0) is 8.53. The van der Waals surface area contributed by atoms with Gasteiger partial charge in [-0.05, 0) is 25.9 Å². The molecule has 1 radical (unpaired) electrons. The zero-order valence-electron chi connectivity index (χ0n) is 7.60. The lowest BCUT2D eigenvalue weighted by molar-refractivity contribution is 0.281. The largest absolute Gasteiger partial charge is 0.303 e. The molecule has 0 spiro atoms. The van der Waals surface area contributed by atoms with E-state index < -0.39 is 0 Å². The molecule has 0 rings (SSSR count). The molecule has 0 aliphatic heterocycles. The lowest BCUT2D eigenvalue weighted by Crippen LogP contribution is -2.26. The topological polar surface area (TPSA) is 20.3 Å². The van der Waals surface area contributed by atoms with Crippen molar-refractivity contribution in [3.05, 3.63) is 0 Å². The van der Waals surface area contributed by atoms with Crippen LogP contribution in [-0.4, -0.2) is 30.8 Å². The summed E-state index contributed by atoms with van der Waals surface area (Å²) in [6, 6.07) is 0. The minimum Gasteiger partial charge on any atom is -0.303 e. The Hall–Kier alpha value is -0.370. The van der Waals surface area contributed by atoms with Crippen LogP contribution >= 0.6 is 0 Å². The van der Waals surface area contributed by atoms with E-state index in [0.717, 1.165) is 19.6 Å². The Labute approximate surface area is 69.6 Å². The van der Waals surface area contributed by atoms with Crippen molar-refractivity contribution in [1.29, 1.82) is 0 Å². The summed E-state index contributed by atoms with van der Waals surface area (Å²) in [5.41, 5.74) is 0. The number of nitrogens with zero attached hydrogens (tertiary/aromatic N) is 1. The predicted octanol–water partition coefficient (Wildman–Crippen LogP) is 1.61. The highest BCUT2D eigenvalue weighted by atomic mass is 16.1. The van der Waals surface area contributed by atoms with Crippen LogP contribution in [0.3, 0.4) is 0 Å². The van der Waals surface area contributed by atoms with Gasteiger partial charge >= 0.3 is 0 Å². The monoisotopic (exact) mass is 156 g/mol. The van der Waals surface area contributed by atoms with Gasteiger partial charge in [0.25, 0.3) is 0 Å². The van der Waals surface area contributed by atoms with Crippen LogP contribution in [0.2, 0.25) is 0 Å². The second-order valence-electron chi connectivity index (χ2n) is 2.74. The summed E-state index contributed by atoms with van der Waals surface area (Å²) >= 11 is 0. The summed E-state index contributed by atoms with van der Waals surface area (Å²) in [4.78, 5) is 12.3. The van der Waals surface area contributed by atoms with Crippen LogP contribution in [0, 0.1) is 0 Å². The Bertz CT molecular complexity index is 87.6. The standard InChI is InChI=1S/C9H18NO/c1-3-6-10(7-4-2)8-5-9-11/h3-8H2,1-2H3. The second-order valence-corrected chi connectivity index (χ2v) is 2.74. The van der Waals surface area contributed by atoms with Crippen molar-refractivity contribution in [2.75, 3.05) is 19.6 Å². The van der Waals surface area contributed by atoms with Gasteiger partial charge in [-0.2, -0.15) is 0 Å². The maximum Gasteiger partial charge on any atom is 0.199 e. The molecule has 0 aliphatic carbocycles.